The van der Waals surface area contributed by atoms with Gasteiger partial charge >= 0.3 is 5.97 Å². The highest BCUT2D eigenvalue weighted by Crippen LogP contribution is 2.15. The molecule has 0 amide bonds. The number of hydrogen-bond donors (Lipinski definition) is 0. The number of nitrogens with zero attached hydrogens (tertiary/aromatic N) is 5. The van der Waals surface area contributed by atoms with Crippen molar-refractivity contribution in [2.75, 3.05) is 6.61 Å². The average Bonchev–Trinajstić information content (AvgIpc) is 2.90. The molecule has 0 atom stereocenters. The van der Waals surface area contributed by atoms with Crippen LogP contribution in [-0.4, -0.2) is 22.4 Å². The van der Waals surface area contributed by atoms with Gasteiger partial charge in [-0.1, -0.05) is 22.8 Å². The van der Waals surface area contributed by atoms with Gasteiger partial charge in [0.1, 0.15) is 0 Å². The molecule has 2 rings (SSSR count). The highest BCUT2D eigenvalue weighted by atomic mass is 16.5. The van der Waals surface area contributed by atoms with Gasteiger partial charge < -0.3 is 4.74 Å². The lowest BCUT2D eigenvalue weighted by Gasteiger charge is -2.01. The lowest BCUT2D eigenvalue weighted by Crippen LogP contribution is -2.08. The van der Waals surface area contributed by atoms with Gasteiger partial charge in [0.25, 0.3) is 0 Å². The fourth-order valence-corrected chi connectivity index (χ4v) is 1.83. The molecule has 0 saturated carbocycles. The van der Waals surface area contributed by atoms with Gasteiger partial charge in [0.05, 0.1) is 18.8 Å². The number of esters is 1. The van der Waals surface area contributed by atoms with Crippen LogP contribution in [0.4, 0.5) is 0 Å². The minimum absolute atomic E-state index is 0.0521. The largest absolute Gasteiger partial charge is 0.461 e. The molecule has 0 N–H and O–H groups in total. The van der Waals surface area contributed by atoms with Crippen molar-refractivity contribution in [1.82, 2.24) is 9.78 Å². The number of ether oxygens (including phenoxy) is 1. The Balaban J connectivity index is 2.41. The Labute approximate surface area is 121 Å². The van der Waals surface area contributed by atoms with Crippen LogP contribution in [0.2, 0.25) is 0 Å². The molecule has 2 aromatic rings. The molecule has 0 fully saturated rings. The third-order valence-electron chi connectivity index (χ3n) is 2.86. The van der Waals surface area contributed by atoms with E-state index in [-0.39, 0.29) is 18.8 Å². The molecule has 0 unspecified atom stereocenters. The first-order chi connectivity index (χ1) is 10.2. The third kappa shape index (κ3) is 3.40. The maximum atomic E-state index is 11.9. The van der Waals surface area contributed by atoms with E-state index in [0.717, 1.165) is 11.3 Å². The molecule has 0 bridgehead atoms. The first-order valence-corrected chi connectivity index (χ1v) is 6.49. The Morgan fingerprint density at radius 2 is 2.14 bits per heavy atom. The Morgan fingerprint density at radius 1 is 1.43 bits per heavy atom. The molecule has 1 aromatic carbocycles. The molecular weight excluding hydrogens is 270 g/mol. The predicted molar refractivity (Wildman–Crippen MR) is 77.1 cm³/mol. The number of benzene rings is 1. The highest BCUT2D eigenvalue weighted by Gasteiger charge is 2.18. The second-order valence-electron chi connectivity index (χ2n) is 4.39. The Bertz CT molecular complexity index is 684. The quantitative estimate of drug-likeness (QED) is 0.365. The van der Waals surface area contributed by atoms with Gasteiger partial charge in [0.15, 0.2) is 5.69 Å². The van der Waals surface area contributed by atoms with Crippen LogP contribution >= 0.6 is 0 Å². The van der Waals surface area contributed by atoms with Crippen LogP contribution in [0.5, 0.6) is 0 Å². The number of hydrogen-bond acceptors (Lipinski definition) is 4. The van der Waals surface area contributed by atoms with E-state index in [9.17, 15) is 4.79 Å². The average molecular weight is 285 g/mol. The number of carbonyl (C=O) groups excluding carboxylic acids is 1. The first kappa shape index (κ1) is 14.6. The summed E-state index contributed by atoms with van der Waals surface area (Å²) in [6.07, 6.45) is 1.67. The molecule has 0 saturated heterocycles. The number of carbonyl (C=O) groups is 1. The molecule has 0 radical (unpaired) electrons. The van der Waals surface area contributed by atoms with Gasteiger partial charge in [-0.15, -0.1) is 0 Å². The first-order valence-electron chi connectivity index (χ1n) is 6.49. The number of rotatable bonds is 5. The Morgan fingerprint density at radius 3 is 2.76 bits per heavy atom. The van der Waals surface area contributed by atoms with Crippen LogP contribution < -0.4 is 0 Å². The normalized spacial score (nSPS) is 10.0. The summed E-state index contributed by atoms with van der Waals surface area (Å²) in [5.74, 6) is -0.522. The molecule has 7 heteroatoms. The summed E-state index contributed by atoms with van der Waals surface area (Å²) in [4.78, 5) is 14.6. The third-order valence-corrected chi connectivity index (χ3v) is 2.86. The Hall–Kier alpha value is -2.79. The van der Waals surface area contributed by atoms with Crippen molar-refractivity contribution in [2.45, 2.75) is 20.4 Å². The molecule has 1 heterocycles. The molecule has 0 aliphatic heterocycles. The van der Waals surface area contributed by atoms with Crippen molar-refractivity contribution in [3.05, 3.63) is 57.7 Å². The molecule has 21 heavy (non-hydrogen) atoms. The van der Waals surface area contributed by atoms with Crippen molar-refractivity contribution in [3.8, 4) is 5.69 Å². The number of azide groups is 1. The van der Waals surface area contributed by atoms with Crippen LogP contribution in [0.1, 0.15) is 28.5 Å². The smallest absolute Gasteiger partial charge is 0.359 e. The summed E-state index contributed by atoms with van der Waals surface area (Å²) in [6, 6.07) is 7.70. The van der Waals surface area contributed by atoms with E-state index in [4.69, 9.17) is 10.3 Å². The van der Waals surface area contributed by atoms with Gasteiger partial charge in [0, 0.05) is 16.7 Å². The maximum Gasteiger partial charge on any atom is 0.359 e. The zero-order chi connectivity index (χ0) is 15.2. The zero-order valence-electron chi connectivity index (χ0n) is 11.9. The van der Waals surface area contributed by atoms with E-state index in [1.165, 1.54) is 0 Å². The molecule has 108 valence electrons. The van der Waals surface area contributed by atoms with E-state index >= 15 is 0 Å². The fraction of sp³-hybridized carbons (Fsp3) is 0.286. The lowest BCUT2D eigenvalue weighted by atomic mass is 10.2. The summed E-state index contributed by atoms with van der Waals surface area (Å²) in [5.41, 5.74) is 11.1. The second-order valence-corrected chi connectivity index (χ2v) is 4.39. The van der Waals surface area contributed by atoms with E-state index in [1.807, 2.05) is 31.2 Å². The van der Waals surface area contributed by atoms with E-state index in [0.29, 0.717) is 5.56 Å². The molecular formula is C14H15N5O2. The minimum Gasteiger partial charge on any atom is -0.461 e. The summed E-state index contributed by atoms with van der Waals surface area (Å²) < 4.78 is 6.54. The molecule has 0 spiro atoms. The van der Waals surface area contributed by atoms with Gasteiger partial charge in [-0.3, -0.25) is 0 Å². The summed E-state index contributed by atoms with van der Waals surface area (Å²) in [6.45, 7) is 4.03. The predicted octanol–water partition coefficient (Wildman–Crippen LogP) is 3.17. The van der Waals surface area contributed by atoms with Crippen LogP contribution in [0.25, 0.3) is 16.1 Å². The summed E-state index contributed by atoms with van der Waals surface area (Å²) >= 11 is 0. The van der Waals surface area contributed by atoms with Gasteiger partial charge in [-0.05, 0) is 31.5 Å². The van der Waals surface area contributed by atoms with E-state index < -0.39 is 5.97 Å². The summed E-state index contributed by atoms with van der Waals surface area (Å²) in [7, 11) is 0. The molecule has 0 aliphatic carbocycles. The highest BCUT2D eigenvalue weighted by molar-refractivity contribution is 5.88. The van der Waals surface area contributed by atoms with Crippen molar-refractivity contribution in [1.29, 1.82) is 0 Å². The van der Waals surface area contributed by atoms with Gasteiger partial charge in [-0.2, -0.15) is 5.10 Å². The van der Waals surface area contributed by atoms with Crippen molar-refractivity contribution >= 4 is 5.97 Å². The SMILES string of the molecule is CCOC(=O)c1nn(-c2ccc(C)cc2)cc1CN=[N+]=[N-]. The van der Waals surface area contributed by atoms with Crippen LogP contribution in [0.3, 0.4) is 0 Å². The monoisotopic (exact) mass is 285 g/mol. The Kier molecular flexibility index (Phi) is 4.58. The van der Waals surface area contributed by atoms with Crippen LogP contribution in [-0.2, 0) is 11.3 Å². The number of aryl methyl sites for hydroxylation is 1. The van der Waals surface area contributed by atoms with Crippen molar-refractivity contribution in [3.63, 3.8) is 0 Å². The summed E-state index contributed by atoms with van der Waals surface area (Å²) in [5, 5.41) is 7.73. The molecule has 0 aliphatic rings. The van der Waals surface area contributed by atoms with Gasteiger partial charge in [0.2, 0.25) is 0 Å². The van der Waals surface area contributed by atoms with E-state index in [1.54, 1.807) is 17.8 Å². The second kappa shape index (κ2) is 6.58. The van der Waals surface area contributed by atoms with Crippen LogP contribution in [0.15, 0.2) is 35.6 Å². The van der Waals surface area contributed by atoms with E-state index in [2.05, 4.69) is 15.1 Å². The fourth-order valence-electron chi connectivity index (χ4n) is 1.83. The molecule has 7 nitrogen and oxygen atoms in total. The minimum atomic E-state index is -0.522. The van der Waals surface area contributed by atoms with Crippen molar-refractivity contribution in [2.24, 2.45) is 5.11 Å². The lowest BCUT2D eigenvalue weighted by molar-refractivity contribution is 0.0517. The maximum absolute atomic E-state index is 11.9. The van der Waals surface area contributed by atoms with Gasteiger partial charge in [-0.25, -0.2) is 9.48 Å². The van der Waals surface area contributed by atoms with Crippen LogP contribution in [0, 0.1) is 6.92 Å². The van der Waals surface area contributed by atoms with Crippen molar-refractivity contribution < 1.29 is 9.53 Å². The topological polar surface area (TPSA) is 92.9 Å². The standard InChI is InChI=1S/C14H15N5O2/c1-3-21-14(20)13-11(8-16-18-15)9-19(17-13)12-6-4-10(2)5-7-12/h4-7,9H,3,8H2,1-2H3. The molecule has 1 aromatic heterocycles. The number of aromatic nitrogens is 2. The zero-order valence-corrected chi connectivity index (χ0v) is 11.9.